The van der Waals surface area contributed by atoms with Gasteiger partial charge in [-0.3, -0.25) is 9.59 Å². The first-order valence-electron chi connectivity index (χ1n) is 5.06. The van der Waals surface area contributed by atoms with Crippen molar-refractivity contribution in [3.8, 4) is 0 Å². The minimum atomic E-state index is -1.46. The fraction of sp³-hybridized carbons (Fsp3) is 0.455. The summed E-state index contributed by atoms with van der Waals surface area (Å²) in [6.45, 7) is 1.74. The van der Waals surface area contributed by atoms with Gasteiger partial charge in [0.15, 0.2) is 5.78 Å². The highest BCUT2D eigenvalue weighted by Crippen LogP contribution is 2.33. The smallest absolute Gasteiger partial charge is 0.251 e. The van der Waals surface area contributed by atoms with Crippen LogP contribution in [0.15, 0.2) is 17.1 Å². The van der Waals surface area contributed by atoms with Crippen molar-refractivity contribution >= 4 is 5.78 Å². The molecule has 1 aliphatic rings. The van der Waals surface area contributed by atoms with Crippen molar-refractivity contribution in [1.82, 2.24) is 4.98 Å². The highest BCUT2D eigenvalue weighted by molar-refractivity contribution is 5.90. The highest BCUT2D eigenvalue weighted by atomic mass is 16.3. The number of carbonyl (C=O) groups is 1. The topological polar surface area (TPSA) is 70.2 Å². The van der Waals surface area contributed by atoms with Gasteiger partial charge in [0.05, 0.1) is 0 Å². The van der Waals surface area contributed by atoms with Gasteiger partial charge in [-0.05, 0) is 18.9 Å². The Kier molecular flexibility index (Phi) is 2.23. The average Bonchev–Trinajstić information content (AvgIpc) is 2.24. The summed E-state index contributed by atoms with van der Waals surface area (Å²) in [5.41, 5.74) is -0.639. The Bertz CT molecular complexity index is 463. The van der Waals surface area contributed by atoms with Crippen LogP contribution in [0.4, 0.5) is 0 Å². The van der Waals surface area contributed by atoms with Crippen molar-refractivity contribution in [3.05, 3.63) is 33.7 Å². The van der Waals surface area contributed by atoms with E-state index in [1.807, 2.05) is 0 Å². The maximum Gasteiger partial charge on any atom is 0.251 e. The van der Waals surface area contributed by atoms with Crippen LogP contribution in [0, 0.1) is 0 Å². The number of ketones is 1. The molecule has 1 aliphatic carbocycles. The van der Waals surface area contributed by atoms with Crippen LogP contribution < -0.4 is 5.56 Å². The summed E-state index contributed by atoms with van der Waals surface area (Å²) in [4.78, 5) is 25.7. The number of nitrogens with one attached hydrogen (secondary N) is 1. The molecule has 0 aliphatic heterocycles. The third kappa shape index (κ3) is 1.33. The molecule has 1 aromatic heterocycles. The maximum absolute atomic E-state index is 11.7. The average molecular weight is 207 g/mol. The molecular formula is C11H13NO3. The predicted molar refractivity (Wildman–Crippen MR) is 54.6 cm³/mol. The number of fused-ring (bicyclic) bond motifs is 1. The fourth-order valence-corrected chi connectivity index (χ4v) is 2.13. The molecule has 0 spiro atoms. The van der Waals surface area contributed by atoms with Gasteiger partial charge in [-0.1, -0.05) is 6.92 Å². The standard InChI is InChI=1S/C11H13NO3/c1-2-11(15)8-5-6-12-10(14)7(8)3-4-9(11)13/h5-6,15H,2-4H2,1H3,(H,12,14). The summed E-state index contributed by atoms with van der Waals surface area (Å²) in [6.07, 6.45) is 2.44. The number of aromatic nitrogens is 1. The number of H-pyrrole nitrogens is 1. The van der Waals surface area contributed by atoms with E-state index in [0.717, 1.165) is 0 Å². The summed E-state index contributed by atoms with van der Waals surface area (Å²) in [5, 5.41) is 10.2. The molecule has 4 nitrogen and oxygen atoms in total. The van der Waals surface area contributed by atoms with E-state index in [-0.39, 0.29) is 17.8 Å². The summed E-state index contributed by atoms with van der Waals surface area (Å²) in [7, 11) is 0. The summed E-state index contributed by atoms with van der Waals surface area (Å²) < 4.78 is 0. The SMILES string of the molecule is CCC1(O)C(=O)CCc2c1cc[nH]c2=O. The third-order valence-corrected chi connectivity index (χ3v) is 3.08. The van der Waals surface area contributed by atoms with E-state index < -0.39 is 5.60 Å². The van der Waals surface area contributed by atoms with Gasteiger partial charge in [0, 0.05) is 23.7 Å². The molecule has 0 saturated carbocycles. The molecular weight excluding hydrogens is 194 g/mol. The van der Waals surface area contributed by atoms with E-state index in [2.05, 4.69) is 4.98 Å². The van der Waals surface area contributed by atoms with E-state index in [1.54, 1.807) is 13.0 Å². The molecule has 2 N–H and O–H groups in total. The molecule has 1 unspecified atom stereocenters. The number of pyridine rings is 1. The molecule has 0 fully saturated rings. The minimum Gasteiger partial charge on any atom is -0.377 e. The Morgan fingerprint density at radius 3 is 2.87 bits per heavy atom. The van der Waals surface area contributed by atoms with Gasteiger partial charge in [0.2, 0.25) is 0 Å². The molecule has 1 atom stereocenters. The molecule has 15 heavy (non-hydrogen) atoms. The Labute approximate surface area is 87.0 Å². The van der Waals surface area contributed by atoms with Gasteiger partial charge in [-0.15, -0.1) is 0 Å². The third-order valence-electron chi connectivity index (χ3n) is 3.08. The van der Waals surface area contributed by atoms with Crippen LogP contribution in [-0.2, 0) is 16.8 Å². The zero-order chi connectivity index (χ0) is 11.1. The van der Waals surface area contributed by atoms with Crippen molar-refractivity contribution in [2.24, 2.45) is 0 Å². The van der Waals surface area contributed by atoms with Crippen LogP contribution in [0.5, 0.6) is 0 Å². The van der Waals surface area contributed by atoms with Crippen molar-refractivity contribution in [1.29, 1.82) is 0 Å². The van der Waals surface area contributed by atoms with Crippen molar-refractivity contribution in [2.75, 3.05) is 0 Å². The molecule has 0 amide bonds. The molecule has 0 bridgehead atoms. The molecule has 0 aromatic carbocycles. The van der Waals surface area contributed by atoms with Crippen LogP contribution in [-0.4, -0.2) is 15.9 Å². The first-order chi connectivity index (χ1) is 7.09. The minimum absolute atomic E-state index is 0.192. The normalized spacial score (nSPS) is 25.1. The predicted octanol–water partition coefficient (Wildman–Crippen LogP) is 0.488. The summed E-state index contributed by atoms with van der Waals surface area (Å²) in [6, 6.07) is 1.62. The lowest BCUT2D eigenvalue weighted by Crippen LogP contribution is -2.41. The number of carbonyl (C=O) groups excluding carboxylic acids is 1. The number of Topliss-reactive ketones (excluding diaryl/α,β-unsaturated/α-hetero) is 1. The number of hydrogen-bond donors (Lipinski definition) is 2. The van der Waals surface area contributed by atoms with Gasteiger partial charge in [0.25, 0.3) is 5.56 Å². The van der Waals surface area contributed by atoms with E-state index in [4.69, 9.17) is 0 Å². The molecule has 0 radical (unpaired) electrons. The Balaban J connectivity index is 2.69. The van der Waals surface area contributed by atoms with Gasteiger partial charge < -0.3 is 10.1 Å². The quantitative estimate of drug-likeness (QED) is 0.704. The number of hydrogen-bond acceptors (Lipinski definition) is 3. The summed E-state index contributed by atoms with van der Waals surface area (Å²) >= 11 is 0. The second kappa shape index (κ2) is 3.31. The van der Waals surface area contributed by atoms with Gasteiger partial charge in [-0.25, -0.2) is 0 Å². The van der Waals surface area contributed by atoms with Gasteiger partial charge in [-0.2, -0.15) is 0 Å². The second-order valence-corrected chi connectivity index (χ2v) is 3.84. The van der Waals surface area contributed by atoms with Gasteiger partial charge >= 0.3 is 0 Å². The van der Waals surface area contributed by atoms with Crippen LogP contribution in [0.2, 0.25) is 0 Å². The van der Waals surface area contributed by atoms with Crippen LogP contribution in [0.25, 0.3) is 0 Å². The Morgan fingerprint density at radius 2 is 2.20 bits per heavy atom. The molecule has 1 heterocycles. The van der Waals surface area contributed by atoms with Crippen molar-refractivity contribution in [2.45, 2.75) is 31.8 Å². The second-order valence-electron chi connectivity index (χ2n) is 3.84. The zero-order valence-electron chi connectivity index (χ0n) is 8.54. The fourth-order valence-electron chi connectivity index (χ4n) is 2.13. The zero-order valence-corrected chi connectivity index (χ0v) is 8.54. The molecule has 0 saturated heterocycles. The van der Waals surface area contributed by atoms with Crippen molar-refractivity contribution in [3.63, 3.8) is 0 Å². The van der Waals surface area contributed by atoms with E-state index in [1.165, 1.54) is 6.20 Å². The summed E-state index contributed by atoms with van der Waals surface area (Å²) in [5.74, 6) is -0.192. The lowest BCUT2D eigenvalue weighted by molar-refractivity contribution is -0.139. The first-order valence-corrected chi connectivity index (χ1v) is 5.06. The van der Waals surface area contributed by atoms with E-state index in [0.29, 0.717) is 24.0 Å². The number of aromatic amines is 1. The Hall–Kier alpha value is -1.42. The van der Waals surface area contributed by atoms with E-state index >= 15 is 0 Å². The number of rotatable bonds is 1. The highest BCUT2D eigenvalue weighted by Gasteiger charge is 2.40. The molecule has 1 aromatic rings. The monoisotopic (exact) mass is 207 g/mol. The Morgan fingerprint density at radius 1 is 1.47 bits per heavy atom. The van der Waals surface area contributed by atoms with Crippen molar-refractivity contribution < 1.29 is 9.90 Å². The lowest BCUT2D eigenvalue weighted by Gasteiger charge is -2.31. The van der Waals surface area contributed by atoms with Crippen LogP contribution in [0.1, 0.15) is 30.9 Å². The lowest BCUT2D eigenvalue weighted by atomic mass is 9.77. The molecule has 4 heteroatoms. The molecule has 2 rings (SSSR count). The number of aliphatic hydroxyl groups is 1. The van der Waals surface area contributed by atoms with Crippen LogP contribution >= 0.6 is 0 Å². The van der Waals surface area contributed by atoms with E-state index in [9.17, 15) is 14.7 Å². The van der Waals surface area contributed by atoms with Gasteiger partial charge in [0.1, 0.15) is 5.60 Å². The molecule has 80 valence electrons. The largest absolute Gasteiger partial charge is 0.377 e. The first kappa shape index (κ1) is 10.1. The van der Waals surface area contributed by atoms with Crippen LogP contribution in [0.3, 0.4) is 0 Å². The maximum atomic E-state index is 11.7.